The quantitative estimate of drug-likeness (QED) is 0.794. The van der Waals surface area contributed by atoms with Gasteiger partial charge in [0.25, 0.3) is 0 Å². The van der Waals surface area contributed by atoms with Gasteiger partial charge in [-0.3, -0.25) is 4.90 Å². The van der Waals surface area contributed by atoms with Crippen LogP contribution in [0.5, 0.6) is 5.75 Å². The van der Waals surface area contributed by atoms with Crippen molar-refractivity contribution in [2.45, 2.75) is 69.1 Å². The van der Waals surface area contributed by atoms with Crippen molar-refractivity contribution in [2.75, 3.05) is 40.0 Å². The molecule has 4 aliphatic rings. The fourth-order valence-corrected chi connectivity index (χ4v) is 6.18. The van der Waals surface area contributed by atoms with E-state index in [1.807, 2.05) is 0 Å². The Balaban J connectivity index is 1.55. The SMILES string of the molecule is COc1ccc2c(c1)[C@@H]1CCN(CC3CC3)C(CCO)[C@@H](CCC3(C1)OCCO3)C2. The number of aliphatic hydroxyl groups excluding tert-OH is 1. The van der Waals surface area contributed by atoms with E-state index in [-0.39, 0.29) is 6.61 Å². The third-order valence-electron chi connectivity index (χ3n) is 7.93. The Kier molecular flexibility index (Phi) is 6.07. The molecule has 30 heavy (non-hydrogen) atoms. The Hall–Kier alpha value is -1.14. The standard InChI is InChI=1S/C25H37NO4/c1-28-22-5-4-19-14-20-6-9-25(29-12-13-30-25)16-21(23(19)15-22)7-10-26(17-18-2-3-18)24(20)8-11-27/h4-5,15,18,20-21,24,27H,2-3,6-14,16-17H2,1H3/t20-,21+,24?/m0/s1. The number of hydrogen-bond acceptors (Lipinski definition) is 5. The Morgan fingerprint density at radius 1 is 1.17 bits per heavy atom. The zero-order chi connectivity index (χ0) is 20.6. The number of nitrogens with zero attached hydrogens (tertiary/aromatic N) is 1. The van der Waals surface area contributed by atoms with Gasteiger partial charge >= 0.3 is 0 Å². The Morgan fingerprint density at radius 2 is 2.00 bits per heavy atom. The minimum Gasteiger partial charge on any atom is -0.497 e. The lowest BCUT2D eigenvalue weighted by molar-refractivity contribution is -0.174. The van der Waals surface area contributed by atoms with Crippen molar-refractivity contribution in [1.82, 2.24) is 4.90 Å². The maximum atomic E-state index is 9.95. The van der Waals surface area contributed by atoms with E-state index in [0.717, 1.165) is 56.7 Å². The van der Waals surface area contributed by atoms with Crippen LogP contribution in [-0.2, 0) is 15.9 Å². The molecule has 5 nitrogen and oxygen atoms in total. The maximum Gasteiger partial charge on any atom is 0.169 e. The van der Waals surface area contributed by atoms with E-state index in [1.54, 1.807) is 7.11 Å². The number of aliphatic hydroxyl groups is 1. The minimum absolute atomic E-state index is 0.263. The van der Waals surface area contributed by atoms with Gasteiger partial charge in [-0.2, -0.15) is 0 Å². The van der Waals surface area contributed by atoms with E-state index in [9.17, 15) is 5.11 Å². The van der Waals surface area contributed by atoms with Gasteiger partial charge in [0, 0.05) is 32.0 Å². The van der Waals surface area contributed by atoms with Crippen molar-refractivity contribution >= 4 is 0 Å². The molecule has 0 amide bonds. The van der Waals surface area contributed by atoms with Crippen LogP contribution in [0.1, 0.15) is 62.0 Å². The van der Waals surface area contributed by atoms with Gasteiger partial charge in [0.15, 0.2) is 5.79 Å². The molecule has 2 aliphatic heterocycles. The first-order chi connectivity index (χ1) is 14.7. The molecule has 1 aromatic carbocycles. The van der Waals surface area contributed by atoms with Crippen LogP contribution in [0.3, 0.4) is 0 Å². The molecular formula is C25H37NO4. The van der Waals surface area contributed by atoms with Gasteiger partial charge in [-0.1, -0.05) is 6.07 Å². The highest BCUT2D eigenvalue weighted by Gasteiger charge is 2.44. The second kappa shape index (κ2) is 8.78. The number of hydrogen-bond donors (Lipinski definition) is 1. The van der Waals surface area contributed by atoms with Crippen molar-refractivity contribution in [3.05, 3.63) is 29.3 Å². The van der Waals surface area contributed by atoms with E-state index >= 15 is 0 Å². The van der Waals surface area contributed by atoms with Crippen molar-refractivity contribution in [3.8, 4) is 5.75 Å². The van der Waals surface area contributed by atoms with Gasteiger partial charge in [-0.25, -0.2) is 0 Å². The van der Waals surface area contributed by atoms with Crippen LogP contribution >= 0.6 is 0 Å². The van der Waals surface area contributed by atoms with Gasteiger partial charge in [-0.15, -0.1) is 0 Å². The molecule has 2 heterocycles. The van der Waals surface area contributed by atoms with E-state index in [1.165, 1.54) is 30.5 Å². The first-order valence-corrected chi connectivity index (χ1v) is 12.0. The topological polar surface area (TPSA) is 51.2 Å². The number of fused-ring (bicyclic) bond motifs is 1. The molecule has 1 spiro atoms. The second-order valence-electron chi connectivity index (χ2n) is 9.88. The zero-order valence-corrected chi connectivity index (χ0v) is 18.4. The van der Waals surface area contributed by atoms with E-state index < -0.39 is 5.79 Å². The monoisotopic (exact) mass is 415 g/mol. The van der Waals surface area contributed by atoms with Crippen LogP contribution in [0.4, 0.5) is 0 Å². The van der Waals surface area contributed by atoms with Gasteiger partial charge in [-0.05, 0) is 86.1 Å². The van der Waals surface area contributed by atoms with Gasteiger partial charge in [0.05, 0.1) is 20.3 Å². The predicted molar refractivity (Wildman–Crippen MR) is 116 cm³/mol. The van der Waals surface area contributed by atoms with Gasteiger partial charge < -0.3 is 19.3 Å². The molecule has 3 atom stereocenters. The summed E-state index contributed by atoms with van der Waals surface area (Å²) in [4.78, 5) is 2.74. The summed E-state index contributed by atoms with van der Waals surface area (Å²) in [6.07, 6.45) is 8.76. The summed E-state index contributed by atoms with van der Waals surface area (Å²) in [6, 6.07) is 7.10. The van der Waals surface area contributed by atoms with Crippen molar-refractivity contribution in [1.29, 1.82) is 0 Å². The third kappa shape index (κ3) is 4.27. The summed E-state index contributed by atoms with van der Waals surface area (Å²) >= 11 is 0. The second-order valence-corrected chi connectivity index (χ2v) is 9.88. The molecule has 5 rings (SSSR count). The summed E-state index contributed by atoms with van der Waals surface area (Å²) < 4.78 is 18.2. The van der Waals surface area contributed by atoms with Crippen LogP contribution in [0, 0.1) is 11.8 Å². The number of rotatable bonds is 5. The largest absolute Gasteiger partial charge is 0.497 e. The number of benzene rings is 1. The van der Waals surface area contributed by atoms with E-state index in [2.05, 4.69) is 23.1 Å². The molecule has 1 N–H and O–H groups in total. The molecule has 1 saturated carbocycles. The lowest BCUT2D eigenvalue weighted by Crippen LogP contribution is -2.45. The summed E-state index contributed by atoms with van der Waals surface area (Å²) in [5.41, 5.74) is 2.88. The Bertz CT molecular complexity index is 728. The van der Waals surface area contributed by atoms with Crippen LogP contribution in [0.2, 0.25) is 0 Å². The smallest absolute Gasteiger partial charge is 0.169 e. The highest BCUT2D eigenvalue weighted by Crippen LogP contribution is 2.45. The normalized spacial score (nSPS) is 31.5. The van der Waals surface area contributed by atoms with Crippen molar-refractivity contribution < 1.29 is 19.3 Å². The maximum absolute atomic E-state index is 9.95. The zero-order valence-electron chi connectivity index (χ0n) is 18.4. The van der Waals surface area contributed by atoms with Crippen LogP contribution < -0.4 is 4.74 Å². The van der Waals surface area contributed by atoms with Crippen LogP contribution in [0.15, 0.2) is 18.2 Å². The number of methoxy groups -OCH3 is 1. The lowest BCUT2D eigenvalue weighted by Gasteiger charge is -2.40. The molecule has 166 valence electrons. The summed E-state index contributed by atoms with van der Waals surface area (Å²) in [5, 5.41) is 9.95. The molecule has 2 fully saturated rings. The molecular weight excluding hydrogens is 378 g/mol. The van der Waals surface area contributed by atoms with Crippen molar-refractivity contribution in [2.24, 2.45) is 11.8 Å². The molecule has 2 bridgehead atoms. The van der Waals surface area contributed by atoms with Gasteiger partial charge in [0.1, 0.15) is 5.75 Å². The molecule has 2 aliphatic carbocycles. The highest BCUT2D eigenvalue weighted by atomic mass is 16.7. The molecule has 1 saturated heterocycles. The Morgan fingerprint density at radius 3 is 2.73 bits per heavy atom. The predicted octanol–water partition coefficient (Wildman–Crippen LogP) is 3.73. The first-order valence-electron chi connectivity index (χ1n) is 12.0. The molecule has 1 aromatic rings. The lowest BCUT2D eigenvalue weighted by atomic mass is 9.84. The summed E-state index contributed by atoms with van der Waals surface area (Å²) in [5.74, 6) is 2.28. The average Bonchev–Trinajstić information content (AvgIpc) is 3.45. The summed E-state index contributed by atoms with van der Waals surface area (Å²) in [7, 11) is 1.76. The van der Waals surface area contributed by atoms with E-state index in [4.69, 9.17) is 14.2 Å². The fraction of sp³-hybridized carbons (Fsp3) is 0.760. The first kappa shape index (κ1) is 20.7. The molecule has 1 unspecified atom stereocenters. The molecule has 0 aromatic heterocycles. The third-order valence-corrected chi connectivity index (χ3v) is 7.93. The van der Waals surface area contributed by atoms with Crippen molar-refractivity contribution in [3.63, 3.8) is 0 Å². The minimum atomic E-state index is -0.434. The highest BCUT2D eigenvalue weighted by molar-refractivity contribution is 5.39. The Labute approximate surface area is 180 Å². The van der Waals surface area contributed by atoms with Gasteiger partial charge in [0.2, 0.25) is 0 Å². The van der Waals surface area contributed by atoms with Crippen LogP contribution in [-0.4, -0.2) is 61.9 Å². The van der Waals surface area contributed by atoms with Crippen LogP contribution in [0.25, 0.3) is 0 Å². The molecule has 0 radical (unpaired) electrons. The van der Waals surface area contributed by atoms with E-state index in [0.29, 0.717) is 31.1 Å². The average molecular weight is 416 g/mol. The summed E-state index contributed by atoms with van der Waals surface area (Å²) in [6.45, 7) is 3.96. The number of ether oxygens (including phenoxy) is 3. The fourth-order valence-electron chi connectivity index (χ4n) is 6.18. The molecule has 5 heteroatoms.